The van der Waals surface area contributed by atoms with Crippen LogP contribution in [0.5, 0.6) is 0 Å². The quantitative estimate of drug-likeness (QED) is 0.416. The number of H-pyrrole nitrogens is 1. The van der Waals surface area contributed by atoms with Gasteiger partial charge in [-0.1, -0.05) is 12.1 Å². The molecule has 4 rings (SSSR count). The van der Waals surface area contributed by atoms with Crippen molar-refractivity contribution in [3.05, 3.63) is 71.6 Å². The molecule has 4 aromatic rings. The van der Waals surface area contributed by atoms with Crippen molar-refractivity contribution >= 4 is 17.2 Å². The van der Waals surface area contributed by atoms with Crippen LogP contribution < -0.4 is 10.6 Å². The molecule has 0 saturated heterocycles. The van der Waals surface area contributed by atoms with Gasteiger partial charge in [0, 0.05) is 31.0 Å². The average molecular weight is 408 g/mol. The summed E-state index contributed by atoms with van der Waals surface area (Å²) in [4.78, 5) is 6.90. The highest BCUT2D eigenvalue weighted by atomic mass is 19.1. The van der Waals surface area contributed by atoms with Crippen LogP contribution >= 0.6 is 0 Å². The lowest BCUT2D eigenvalue weighted by molar-refractivity contribution is 0.390. The van der Waals surface area contributed by atoms with Crippen LogP contribution in [0.25, 0.3) is 5.52 Å². The first-order valence-corrected chi connectivity index (χ1v) is 9.77. The van der Waals surface area contributed by atoms with Crippen LogP contribution in [-0.4, -0.2) is 56.9 Å². The molecule has 1 aromatic carbocycles. The number of nitrogens with one attached hydrogen (secondary N) is 3. The van der Waals surface area contributed by atoms with E-state index in [1.807, 2.05) is 45.4 Å². The van der Waals surface area contributed by atoms with E-state index in [1.165, 1.54) is 12.1 Å². The Morgan fingerprint density at radius 2 is 2.00 bits per heavy atom. The third-order valence-corrected chi connectivity index (χ3v) is 4.73. The highest BCUT2D eigenvalue weighted by Gasteiger charge is 2.20. The second-order valence-corrected chi connectivity index (χ2v) is 7.46. The number of hydrogen-bond donors (Lipinski definition) is 3. The molecule has 3 N–H and O–H groups in total. The summed E-state index contributed by atoms with van der Waals surface area (Å²) < 4.78 is 15.3. The van der Waals surface area contributed by atoms with Crippen LogP contribution in [0, 0.1) is 12.7 Å². The van der Waals surface area contributed by atoms with E-state index in [1.54, 1.807) is 16.6 Å². The van der Waals surface area contributed by atoms with Crippen LogP contribution in [-0.2, 0) is 0 Å². The van der Waals surface area contributed by atoms with Gasteiger partial charge >= 0.3 is 0 Å². The van der Waals surface area contributed by atoms with Crippen molar-refractivity contribution < 1.29 is 4.39 Å². The molecule has 0 saturated carbocycles. The van der Waals surface area contributed by atoms with Gasteiger partial charge in [0.15, 0.2) is 17.5 Å². The summed E-state index contributed by atoms with van der Waals surface area (Å²) in [5, 5.41) is 18.7. The van der Waals surface area contributed by atoms with Crippen LogP contribution in [0.15, 0.2) is 48.7 Å². The first-order chi connectivity index (χ1) is 14.5. The minimum absolute atomic E-state index is 0.274. The molecule has 0 aliphatic rings. The first kappa shape index (κ1) is 20.0. The highest BCUT2D eigenvalue weighted by molar-refractivity contribution is 5.72. The van der Waals surface area contributed by atoms with E-state index in [0.717, 1.165) is 29.9 Å². The van der Waals surface area contributed by atoms with Gasteiger partial charge < -0.3 is 15.5 Å². The van der Waals surface area contributed by atoms with Gasteiger partial charge in [-0.2, -0.15) is 10.2 Å². The highest BCUT2D eigenvalue weighted by Crippen LogP contribution is 2.24. The number of nitrogens with zero attached hydrogens (tertiary/aromatic N) is 5. The van der Waals surface area contributed by atoms with Gasteiger partial charge in [-0.3, -0.25) is 5.10 Å². The van der Waals surface area contributed by atoms with Gasteiger partial charge in [-0.05, 0) is 50.8 Å². The lowest BCUT2D eigenvalue weighted by Gasteiger charge is -2.20. The van der Waals surface area contributed by atoms with Crippen LogP contribution in [0.2, 0.25) is 0 Å². The maximum absolute atomic E-state index is 13.5. The summed E-state index contributed by atoms with van der Waals surface area (Å²) >= 11 is 0. The molecule has 0 aliphatic carbocycles. The van der Waals surface area contributed by atoms with Gasteiger partial charge in [-0.25, -0.2) is 13.9 Å². The SMILES string of the molecule is Cc1cc(Nc2nc(C(NCCN(C)C)c3ccc(F)cc3)nn3cccc23)n[nH]1. The van der Waals surface area contributed by atoms with Crippen molar-refractivity contribution in [3.63, 3.8) is 0 Å². The third kappa shape index (κ3) is 4.47. The van der Waals surface area contributed by atoms with E-state index < -0.39 is 0 Å². The summed E-state index contributed by atoms with van der Waals surface area (Å²) in [6.45, 7) is 3.51. The molecule has 1 unspecified atom stereocenters. The topological polar surface area (TPSA) is 86.2 Å². The Morgan fingerprint density at radius 1 is 1.20 bits per heavy atom. The molecule has 1 atom stereocenters. The standard InChI is InChI=1S/C21H25FN8/c1-14-13-18(27-26-14)24-20-17-5-4-11-30(17)28-21(25-20)19(23-10-12-29(2)3)15-6-8-16(22)9-7-15/h4-9,11,13,19,23H,10,12H2,1-3H3,(H2,24,25,26,27,28). The molecule has 9 heteroatoms. The number of anilines is 2. The van der Waals surface area contributed by atoms with Crippen molar-refractivity contribution in [2.24, 2.45) is 0 Å². The number of rotatable bonds is 8. The Bertz CT molecular complexity index is 1120. The van der Waals surface area contributed by atoms with Crippen molar-refractivity contribution in [2.75, 3.05) is 32.5 Å². The van der Waals surface area contributed by atoms with Crippen LogP contribution in [0.1, 0.15) is 23.1 Å². The largest absolute Gasteiger partial charge is 0.322 e. The number of aryl methyl sites for hydroxylation is 1. The summed E-state index contributed by atoms with van der Waals surface area (Å²) in [6.07, 6.45) is 1.88. The fourth-order valence-electron chi connectivity index (χ4n) is 3.22. The normalized spacial score (nSPS) is 12.6. The van der Waals surface area contributed by atoms with E-state index in [0.29, 0.717) is 17.5 Å². The minimum atomic E-state index is -0.293. The number of hydrogen-bond acceptors (Lipinski definition) is 6. The maximum atomic E-state index is 13.5. The summed E-state index contributed by atoms with van der Waals surface area (Å²) in [6, 6.07) is 11.9. The molecule has 0 radical (unpaired) electrons. The van der Waals surface area contributed by atoms with Crippen molar-refractivity contribution in [2.45, 2.75) is 13.0 Å². The fourth-order valence-corrected chi connectivity index (χ4v) is 3.22. The predicted molar refractivity (Wildman–Crippen MR) is 114 cm³/mol. The Balaban J connectivity index is 1.73. The Kier molecular flexibility index (Phi) is 5.73. The molecule has 0 aliphatic heterocycles. The van der Waals surface area contributed by atoms with Crippen LogP contribution in [0.3, 0.4) is 0 Å². The predicted octanol–water partition coefficient (Wildman–Crippen LogP) is 2.88. The van der Waals surface area contributed by atoms with E-state index in [-0.39, 0.29) is 11.9 Å². The zero-order valence-corrected chi connectivity index (χ0v) is 17.2. The first-order valence-electron chi connectivity index (χ1n) is 9.77. The number of aromatic amines is 1. The van der Waals surface area contributed by atoms with Gasteiger partial charge in [0.2, 0.25) is 0 Å². The molecule has 0 spiro atoms. The maximum Gasteiger partial charge on any atom is 0.173 e. The Labute approximate surface area is 174 Å². The van der Waals surface area contributed by atoms with Gasteiger partial charge in [0.25, 0.3) is 0 Å². The number of aromatic nitrogens is 5. The second-order valence-electron chi connectivity index (χ2n) is 7.46. The minimum Gasteiger partial charge on any atom is -0.322 e. The summed E-state index contributed by atoms with van der Waals surface area (Å²) in [5.41, 5.74) is 2.68. The van der Waals surface area contributed by atoms with E-state index >= 15 is 0 Å². The van der Waals surface area contributed by atoms with E-state index in [9.17, 15) is 4.39 Å². The van der Waals surface area contributed by atoms with Crippen LogP contribution in [0.4, 0.5) is 16.0 Å². The van der Waals surface area contributed by atoms with E-state index in [4.69, 9.17) is 10.1 Å². The second kappa shape index (κ2) is 8.60. The number of halogens is 1. The lowest BCUT2D eigenvalue weighted by atomic mass is 10.1. The molecule has 156 valence electrons. The van der Waals surface area contributed by atoms with Crippen molar-refractivity contribution in [3.8, 4) is 0 Å². The molecular weight excluding hydrogens is 383 g/mol. The molecule has 0 fully saturated rings. The number of benzene rings is 1. The molecule has 3 heterocycles. The monoisotopic (exact) mass is 408 g/mol. The molecule has 3 aromatic heterocycles. The molecular formula is C21H25FN8. The molecule has 0 amide bonds. The summed E-state index contributed by atoms with van der Waals surface area (Å²) in [5.74, 6) is 1.64. The van der Waals surface area contributed by atoms with Crippen molar-refractivity contribution in [1.29, 1.82) is 0 Å². The van der Waals surface area contributed by atoms with Gasteiger partial charge in [-0.15, -0.1) is 0 Å². The zero-order chi connectivity index (χ0) is 21.1. The lowest BCUT2D eigenvalue weighted by Crippen LogP contribution is -2.31. The third-order valence-electron chi connectivity index (χ3n) is 4.73. The van der Waals surface area contributed by atoms with Gasteiger partial charge in [0.05, 0.1) is 6.04 Å². The molecule has 30 heavy (non-hydrogen) atoms. The average Bonchev–Trinajstić information content (AvgIpc) is 3.35. The molecule has 0 bridgehead atoms. The summed E-state index contributed by atoms with van der Waals surface area (Å²) in [7, 11) is 4.04. The Morgan fingerprint density at radius 3 is 2.70 bits per heavy atom. The fraction of sp³-hybridized carbons (Fsp3) is 0.286. The van der Waals surface area contributed by atoms with Gasteiger partial charge in [0.1, 0.15) is 11.3 Å². The van der Waals surface area contributed by atoms with Crippen molar-refractivity contribution in [1.82, 2.24) is 35.0 Å². The Hall–Kier alpha value is -3.30. The number of likely N-dealkylation sites (N-methyl/N-ethyl adjacent to an activating group) is 1. The smallest absolute Gasteiger partial charge is 0.173 e. The molecule has 8 nitrogen and oxygen atoms in total. The number of fused-ring (bicyclic) bond motifs is 1. The van der Waals surface area contributed by atoms with E-state index in [2.05, 4.69) is 25.7 Å². The zero-order valence-electron chi connectivity index (χ0n) is 17.2.